The van der Waals surface area contributed by atoms with E-state index in [9.17, 15) is 4.79 Å². The second-order valence-electron chi connectivity index (χ2n) is 5.59. The first-order chi connectivity index (χ1) is 11.0. The van der Waals surface area contributed by atoms with Gasteiger partial charge < -0.3 is 11.2 Å². The van der Waals surface area contributed by atoms with Crippen molar-refractivity contribution < 1.29 is 4.79 Å². The molecular formula is C16H23N5OS. The van der Waals surface area contributed by atoms with Crippen LogP contribution in [0.25, 0.3) is 0 Å². The lowest BCUT2D eigenvalue weighted by Gasteiger charge is -2.17. The number of carbonyl (C=O) groups is 1. The maximum absolute atomic E-state index is 12.3. The highest BCUT2D eigenvalue weighted by Gasteiger charge is 2.19. The van der Waals surface area contributed by atoms with Gasteiger partial charge in [-0.3, -0.25) is 4.79 Å². The fraction of sp³-hybridized carbons (Fsp3) is 0.438. The first kappa shape index (κ1) is 17.3. The summed E-state index contributed by atoms with van der Waals surface area (Å²) in [7, 11) is 0. The molecule has 2 atom stereocenters. The van der Waals surface area contributed by atoms with Gasteiger partial charge in [-0.05, 0) is 39.2 Å². The van der Waals surface area contributed by atoms with Gasteiger partial charge in [0.25, 0.3) is 0 Å². The molecule has 0 saturated carbocycles. The first-order valence-corrected chi connectivity index (χ1v) is 8.53. The second kappa shape index (κ2) is 8.01. The van der Waals surface area contributed by atoms with Crippen molar-refractivity contribution in [3.8, 4) is 0 Å². The van der Waals surface area contributed by atoms with Gasteiger partial charge in [-0.2, -0.15) is 0 Å². The van der Waals surface area contributed by atoms with E-state index in [1.54, 1.807) is 6.92 Å². The quantitative estimate of drug-likeness (QED) is 0.597. The van der Waals surface area contributed by atoms with Crippen molar-refractivity contribution in [2.75, 3.05) is 5.84 Å². The Labute approximate surface area is 140 Å². The van der Waals surface area contributed by atoms with Gasteiger partial charge in [-0.15, -0.1) is 10.2 Å². The number of amides is 1. The number of hydrogen-bond acceptors (Lipinski definition) is 5. The number of aryl methyl sites for hydroxylation is 2. The van der Waals surface area contributed by atoms with Crippen LogP contribution >= 0.6 is 11.8 Å². The van der Waals surface area contributed by atoms with Crippen molar-refractivity contribution in [2.45, 2.75) is 50.1 Å². The van der Waals surface area contributed by atoms with E-state index in [0.29, 0.717) is 11.0 Å². The molecule has 0 bridgehead atoms. The van der Waals surface area contributed by atoms with Gasteiger partial charge in [0.15, 0.2) is 0 Å². The highest BCUT2D eigenvalue weighted by atomic mass is 32.2. The van der Waals surface area contributed by atoms with Crippen molar-refractivity contribution in [3.05, 3.63) is 41.7 Å². The van der Waals surface area contributed by atoms with Crippen molar-refractivity contribution in [1.29, 1.82) is 0 Å². The summed E-state index contributed by atoms with van der Waals surface area (Å²) in [5.74, 6) is 6.41. The molecule has 6 nitrogen and oxygen atoms in total. The van der Waals surface area contributed by atoms with E-state index in [2.05, 4.69) is 27.6 Å². The predicted molar refractivity (Wildman–Crippen MR) is 92.6 cm³/mol. The fourth-order valence-corrected chi connectivity index (χ4v) is 2.93. The summed E-state index contributed by atoms with van der Waals surface area (Å²) in [5, 5.41) is 11.2. The van der Waals surface area contributed by atoms with Crippen LogP contribution in [0, 0.1) is 6.92 Å². The molecule has 3 N–H and O–H groups in total. The monoisotopic (exact) mass is 333 g/mol. The van der Waals surface area contributed by atoms with Crippen LogP contribution in [-0.4, -0.2) is 32.1 Å². The lowest BCUT2D eigenvalue weighted by Crippen LogP contribution is -2.38. The molecule has 124 valence electrons. The van der Waals surface area contributed by atoms with Crippen LogP contribution in [0.2, 0.25) is 0 Å². The highest BCUT2D eigenvalue weighted by Crippen LogP contribution is 2.20. The van der Waals surface area contributed by atoms with Crippen LogP contribution in [0.3, 0.4) is 0 Å². The molecule has 0 aliphatic heterocycles. The lowest BCUT2D eigenvalue weighted by molar-refractivity contribution is -0.120. The Kier molecular flexibility index (Phi) is 6.04. The number of nitrogens with one attached hydrogen (secondary N) is 1. The summed E-state index contributed by atoms with van der Waals surface area (Å²) in [6.45, 7) is 5.63. The van der Waals surface area contributed by atoms with Crippen LogP contribution in [-0.2, 0) is 11.2 Å². The minimum atomic E-state index is -0.278. The summed E-state index contributed by atoms with van der Waals surface area (Å²) in [5.41, 5.74) is 1.28. The Morgan fingerprint density at radius 3 is 2.61 bits per heavy atom. The van der Waals surface area contributed by atoms with Gasteiger partial charge >= 0.3 is 0 Å². The third-order valence-electron chi connectivity index (χ3n) is 3.58. The summed E-state index contributed by atoms with van der Waals surface area (Å²) in [6, 6.07) is 10.4. The Hall–Kier alpha value is -2.02. The number of carbonyl (C=O) groups excluding carboxylic acids is 1. The molecule has 23 heavy (non-hydrogen) atoms. The highest BCUT2D eigenvalue weighted by molar-refractivity contribution is 8.00. The van der Waals surface area contributed by atoms with Crippen molar-refractivity contribution in [2.24, 2.45) is 0 Å². The molecule has 1 amide bonds. The molecule has 2 aromatic rings. The minimum absolute atomic E-state index is 0.0174. The van der Waals surface area contributed by atoms with E-state index in [4.69, 9.17) is 5.84 Å². The molecule has 0 aliphatic carbocycles. The normalized spacial score (nSPS) is 13.5. The van der Waals surface area contributed by atoms with E-state index < -0.39 is 0 Å². The number of nitrogens with zero attached hydrogens (tertiary/aromatic N) is 3. The zero-order chi connectivity index (χ0) is 16.8. The third-order valence-corrected chi connectivity index (χ3v) is 4.64. The summed E-state index contributed by atoms with van der Waals surface area (Å²) in [4.78, 5) is 12.3. The number of thioether (sulfide) groups is 1. The number of benzene rings is 1. The average molecular weight is 333 g/mol. The number of nitrogens with two attached hydrogens (primary N) is 1. The maximum atomic E-state index is 12.3. The zero-order valence-electron chi connectivity index (χ0n) is 13.7. The molecule has 0 spiro atoms. The Bertz CT molecular complexity index is 643. The molecule has 1 aromatic heterocycles. The van der Waals surface area contributed by atoms with Crippen LogP contribution in [0.5, 0.6) is 0 Å². The maximum Gasteiger partial charge on any atom is 0.233 e. The predicted octanol–water partition coefficient (Wildman–Crippen LogP) is 1.92. The summed E-state index contributed by atoms with van der Waals surface area (Å²) < 4.78 is 1.40. The SMILES string of the molecule is Cc1nnc(S[C@H](C)C(=O)N[C@@H](C)CCc2ccccc2)n1N. The summed E-state index contributed by atoms with van der Waals surface area (Å²) in [6.07, 6.45) is 1.85. The molecule has 7 heteroatoms. The van der Waals surface area contributed by atoms with Gasteiger partial charge in [0.2, 0.25) is 11.1 Å². The Balaban J connectivity index is 1.79. The molecule has 0 aliphatic rings. The average Bonchev–Trinajstić information content (AvgIpc) is 2.86. The van der Waals surface area contributed by atoms with Crippen LogP contribution in [0.1, 0.15) is 31.7 Å². The Morgan fingerprint density at radius 2 is 2.00 bits per heavy atom. The number of rotatable bonds is 7. The fourth-order valence-electron chi connectivity index (χ4n) is 2.10. The summed E-state index contributed by atoms with van der Waals surface area (Å²) >= 11 is 1.31. The Morgan fingerprint density at radius 1 is 1.30 bits per heavy atom. The van der Waals surface area contributed by atoms with E-state index in [-0.39, 0.29) is 17.2 Å². The van der Waals surface area contributed by atoms with E-state index >= 15 is 0 Å². The molecule has 0 saturated heterocycles. The zero-order valence-corrected chi connectivity index (χ0v) is 14.5. The van der Waals surface area contributed by atoms with Gasteiger partial charge in [0.05, 0.1) is 5.25 Å². The molecule has 0 radical (unpaired) electrons. The minimum Gasteiger partial charge on any atom is -0.353 e. The van der Waals surface area contributed by atoms with Gasteiger partial charge in [-0.1, -0.05) is 42.1 Å². The molecular weight excluding hydrogens is 310 g/mol. The smallest absolute Gasteiger partial charge is 0.233 e. The largest absolute Gasteiger partial charge is 0.353 e. The topological polar surface area (TPSA) is 85.8 Å². The van der Waals surface area contributed by atoms with E-state index in [1.807, 2.05) is 32.0 Å². The lowest BCUT2D eigenvalue weighted by atomic mass is 10.1. The van der Waals surface area contributed by atoms with Crippen molar-refractivity contribution in [1.82, 2.24) is 20.2 Å². The number of aromatic nitrogens is 3. The van der Waals surface area contributed by atoms with E-state index in [0.717, 1.165) is 12.8 Å². The van der Waals surface area contributed by atoms with Gasteiger partial charge in [-0.25, -0.2) is 4.68 Å². The molecule has 1 heterocycles. The van der Waals surface area contributed by atoms with Gasteiger partial charge in [0, 0.05) is 6.04 Å². The standard InChI is InChI=1S/C16H23N5OS/c1-11(9-10-14-7-5-4-6-8-14)18-15(22)12(2)23-16-20-19-13(3)21(16)17/h4-8,11-12H,9-10,17H2,1-3H3,(H,18,22)/t11-,12+/m0/s1. The molecule has 2 rings (SSSR count). The van der Waals surface area contributed by atoms with Crippen LogP contribution < -0.4 is 11.2 Å². The third kappa shape index (κ3) is 4.99. The van der Waals surface area contributed by atoms with Crippen molar-refractivity contribution >= 4 is 17.7 Å². The molecule has 0 unspecified atom stereocenters. The number of nitrogen functional groups attached to an aromatic ring is 1. The molecule has 0 fully saturated rings. The van der Waals surface area contributed by atoms with E-state index in [1.165, 1.54) is 22.0 Å². The van der Waals surface area contributed by atoms with Crippen molar-refractivity contribution in [3.63, 3.8) is 0 Å². The number of hydrogen-bond donors (Lipinski definition) is 2. The van der Waals surface area contributed by atoms with Gasteiger partial charge in [0.1, 0.15) is 5.82 Å². The second-order valence-corrected chi connectivity index (χ2v) is 6.90. The molecule has 1 aromatic carbocycles. The first-order valence-electron chi connectivity index (χ1n) is 7.65. The van der Waals surface area contributed by atoms with Crippen LogP contribution in [0.4, 0.5) is 0 Å². The van der Waals surface area contributed by atoms with Crippen LogP contribution in [0.15, 0.2) is 35.5 Å².